The molecule has 0 radical (unpaired) electrons. The minimum atomic E-state index is -0.614. The van der Waals surface area contributed by atoms with Crippen molar-refractivity contribution in [3.8, 4) is 0 Å². The summed E-state index contributed by atoms with van der Waals surface area (Å²) in [6.45, 7) is 3.16. The van der Waals surface area contributed by atoms with Crippen molar-refractivity contribution in [2.75, 3.05) is 13.2 Å². The average molecular weight is 259 g/mol. The molecule has 1 aromatic heterocycles. The Kier molecular flexibility index (Phi) is 3.08. The lowest BCUT2D eigenvalue weighted by atomic mass is 10.0. The van der Waals surface area contributed by atoms with Crippen LogP contribution >= 0.6 is 0 Å². The van der Waals surface area contributed by atoms with Crippen molar-refractivity contribution in [1.82, 2.24) is 10.1 Å². The van der Waals surface area contributed by atoms with Gasteiger partial charge in [-0.05, 0) is 24.5 Å². The molecule has 2 N–H and O–H groups in total. The second-order valence-electron chi connectivity index (χ2n) is 5.08. The van der Waals surface area contributed by atoms with Gasteiger partial charge < -0.3 is 15.0 Å². The van der Waals surface area contributed by atoms with Gasteiger partial charge in [-0.15, -0.1) is 0 Å². The van der Waals surface area contributed by atoms with Crippen LogP contribution in [0.25, 0.3) is 0 Å². The summed E-state index contributed by atoms with van der Waals surface area (Å²) in [6, 6.07) is 8.18. The first kappa shape index (κ1) is 12.3. The Hall–Kier alpha value is -1.72. The van der Waals surface area contributed by atoms with Gasteiger partial charge in [0.25, 0.3) is 0 Å². The summed E-state index contributed by atoms with van der Waals surface area (Å²) in [6.07, 6.45) is 1.38. The zero-order chi connectivity index (χ0) is 13.3. The quantitative estimate of drug-likeness (QED) is 0.905. The van der Waals surface area contributed by atoms with Crippen LogP contribution < -0.4 is 5.73 Å². The molecule has 1 atom stereocenters. The lowest BCUT2D eigenvalue weighted by Crippen LogP contribution is -2.37. The molecule has 5 nitrogen and oxygen atoms in total. The number of aryl methyl sites for hydroxylation is 1. The standard InChI is InChI=1S/C14H17N3O2/c1-10-4-2-3-5-11(10)8-12-16-13(19-17-12)14(15)6-7-18-9-14/h2-5H,6-9,15H2,1H3. The number of rotatable bonds is 3. The fourth-order valence-electron chi connectivity index (χ4n) is 2.26. The third kappa shape index (κ3) is 2.39. The van der Waals surface area contributed by atoms with Crippen molar-refractivity contribution in [1.29, 1.82) is 0 Å². The van der Waals surface area contributed by atoms with E-state index < -0.39 is 5.54 Å². The third-order valence-electron chi connectivity index (χ3n) is 3.56. The van der Waals surface area contributed by atoms with Crippen LogP contribution in [0.1, 0.15) is 29.3 Å². The molecule has 2 heterocycles. The second-order valence-corrected chi connectivity index (χ2v) is 5.08. The van der Waals surface area contributed by atoms with Gasteiger partial charge in [0.15, 0.2) is 5.82 Å². The minimum absolute atomic E-state index is 0.443. The van der Waals surface area contributed by atoms with Crippen LogP contribution in [-0.2, 0) is 16.7 Å². The molecule has 0 aliphatic carbocycles. The van der Waals surface area contributed by atoms with E-state index >= 15 is 0 Å². The van der Waals surface area contributed by atoms with Crippen molar-refractivity contribution in [3.63, 3.8) is 0 Å². The summed E-state index contributed by atoms with van der Waals surface area (Å²) in [5, 5.41) is 4.02. The first-order valence-corrected chi connectivity index (χ1v) is 6.42. The predicted molar refractivity (Wildman–Crippen MR) is 69.6 cm³/mol. The number of ether oxygens (including phenoxy) is 1. The van der Waals surface area contributed by atoms with Crippen molar-refractivity contribution in [2.45, 2.75) is 25.3 Å². The van der Waals surface area contributed by atoms with Crippen molar-refractivity contribution < 1.29 is 9.26 Å². The van der Waals surface area contributed by atoms with Crippen LogP contribution in [0.5, 0.6) is 0 Å². The number of nitrogens with zero attached hydrogens (tertiary/aromatic N) is 2. The van der Waals surface area contributed by atoms with Crippen LogP contribution in [0.15, 0.2) is 28.8 Å². The molecule has 1 unspecified atom stereocenters. The highest BCUT2D eigenvalue weighted by molar-refractivity contribution is 5.28. The first-order valence-electron chi connectivity index (χ1n) is 6.42. The molecule has 0 bridgehead atoms. The maximum atomic E-state index is 6.20. The Labute approximate surface area is 111 Å². The summed E-state index contributed by atoms with van der Waals surface area (Å²) in [5.74, 6) is 1.15. The molecule has 0 amide bonds. The molecule has 0 saturated carbocycles. The number of hydrogen-bond acceptors (Lipinski definition) is 5. The lowest BCUT2D eigenvalue weighted by Gasteiger charge is -2.15. The third-order valence-corrected chi connectivity index (χ3v) is 3.56. The Morgan fingerprint density at radius 2 is 2.21 bits per heavy atom. The van der Waals surface area contributed by atoms with Crippen molar-refractivity contribution in [3.05, 3.63) is 47.1 Å². The van der Waals surface area contributed by atoms with Crippen LogP contribution in [0, 0.1) is 6.92 Å². The largest absolute Gasteiger partial charge is 0.379 e. The van der Waals surface area contributed by atoms with E-state index in [-0.39, 0.29) is 0 Å². The zero-order valence-corrected chi connectivity index (χ0v) is 10.9. The van der Waals surface area contributed by atoms with Gasteiger partial charge in [0.05, 0.1) is 6.61 Å². The molecule has 1 aliphatic rings. The highest BCUT2D eigenvalue weighted by atomic mass is 16.5. The number of hydrogen-bond donors (Lipinski definition) is 1. The summed E-state index contributed by atoms with van der Waals surface area (Å²) in [4.78, 5) is 4.42. The van der Waals surface area contributed by atoms with Crippen LogP contribution in [-0.4, -0.2) is 23.4 Å². The summed E-state index contributed by atoms with van der Waals surface area (Å²) in [5.41, 5.74) is 8.00. The lowest BCUT2D eigenvalue weighted by molar-refractivity contribution is 0.166. The Balaban J connectivity index is 1.80. The maximum Gasteiger partial charge on any atom is 0.249 e. The monoisotopic (exact) mass is 259 g/mol. The highest BCUT2D eigenvalue weighted by Gasteiger charge is 2.38. The van der Waals surface area contributed by atoms with E-state index in [1.807, 2.05) is 12.1 Å². The number of nitrogens with two attached hydrogens (primary N) is 1. The van der Waals surface area contributed by atoms with E-state index in [0.717, 1.165) is 6.42 Å². The van der Waals surface area contributed by atoms with Gasteiger partial charge in [0.2, 0.25) is 5.89 Å². The van der Waals surface area contributed by atoms with Crippen molar-refractivity contribution >= 4 is 0 Å². The van der Waals surface area contributed by atoms with E-state index in [1.165, 1.54) is 11.1 Å². The van der Waals surface area contributed by atoms with Gasteiger partial charge in [0, 0.05) is 13.0 Å². The molecule has 1 aliphatic heterocycles. The van der Waals surface area contributed by atoms with Gasteiger partial charge >= 0.3 is 0 Å². The minimum Gasteiger partial charge on any atom is -0.379 e. The van der Waals surface area contributed by atoms with Gasteiger partial charge in [-0.25, -0.2) is 0 Å². The maximum absolute atomic E-state index is 6.20. The SMILES string of the molecule is Cc1ccccc1Cc1noc(C2(N)CCOC2)n1. The predicted octanol–water partition coefficient (Wildman–Crippen LogP) is 1.54. The smallest absolute Gasteiger partial charge is 0.249 e. The zero-order valence-electron chi connectivity index (χ0n) is 10.9. The summed E-state index contributed by atoms with van der Waals surface area (Å²) in [7, 11) is 0. The van der Waals surface area contributed by atoms with E-state index in [9.17, 15) is 0 Å². The molecule has 0 spiro atoms. The second kappa shape index (κ2) is 4.75. The average Bonchev–Trinajstić information content (AvgIpc) is 3.02. The molecule has 1 aromatic carbocycles. The topological polar surface area (TPSA) is 74.2 Å². The van der Waals surface area contributed by atoms with Crippen LogP contribution in [0.2, 0.25) is 0 Å². The molecule has 19 heavy (non-hydrogen) atoms. The van der Waals surface area contributed by atoms with Gasteiger partial charge in [0.1, 0.15) is 5.54 Å². The summed E-state index contributed by atoms with van der Waals surface area (Å²) < 4.78 is 10.6. The highest BCUT2D eigenvalue weighted by Crippen LogP contribution is 2.26. The van der Waals surface area contributed by atoms with Gasteiger partial charge in [-0.3, -0.25) is 0 Å². The normalized spacial score (nSPS) is 22.8. The molecule has 3 rings (SSSR count). The Morgan fingerprint density at radius 3 is 2.95 bits per heavy atom. The summed E-state index contributed by atoms with van der Waals surface area (Å²) >= 11 is 0. The van der Waals surface area contributed by atoms with E-state index in [2.05, 4.69) is 29.2 Å². The molecule has 1 fully saturated rings. The Bertz CT molecular complexity index is 574. The fourth-order valence-corrected chi connectivity index (χ4v) is 2.26. The molecule has 100 valence electrons. The molecular weight excluding hydrogens is 242 g/mol. The molecular formula is C14H17N3O2. The molecule has 1 saturated heterocycles. The van der Waals surface area contributed by atoms with Gasteiger partial charge in [-0.2, -0.15) is 4.98 Å². The molecule has 2 aromatic rings. The number of benzene rings is 1. The van der Waals surface area contributed by atoms with E-state index in [0.29, 0.717) is 31.3 Å². The van der Waals surface area contributed by atoms with E-state index in [4.69, 9.17) is 15.0 Å². The van der Waals surface area contributed by atoms with Crippen LogP contribution in [0.4, 0.5) is 0 Å². The molecule has 5 heteroatoms. The fraction of sp³-hybridized carbons (Fsp3) is 0.429. The van der Waals surface area contributed by atoms with Gasteiger partial charge in [-0.1, -0.05) is 29.4 Å². The number of aromatic nitrogens is 2. The van der Waals surface area contributed by atoms with E-state index in [1.54, 1.807) is 0 Å². The Morgan fingerprint density at radius 1 is 1.37 bits per heavy atom. The van der Waals surface area contributed by atoms with Crippen LogP contribution in [0.3, 0.4) is 0 Å². The van der Waals surface area contributed by atoms with Crippen molar-refractivity contribution in [2.24, 2.45) is 5.73 Å². The first-order chi connectivity index (χ1) is 9.17.